The Bertz CT molecular complexity index is 439. The Morgan fingerprint density at radius 1 is 1.33 bits per heavy atom. The fourth-order valence-corrected chi connectivity index (χ4v) is 2.44. The second-order valence-corrected chi connectivity index (χ2v) is 5.01. The minimum absolute atomic E-state index is 0.179. The number of hydrogen-bond acceptors (Lipinski definition) is 2. The van der Waals surface area contributed by atoms with E-state index in [9.17, 15) is 9.18 Å². The maximum absolute atomic E-state index is 13.7. The van der Waals surface area contributed by atoms with Crippen molar-refractivity contribution in [3.05, 3.63) is 29.6 Å². The van der Waals surface area contributed by atoms with Crippen LogP contribution in [0.25, 0.3) is 0 Å². The largest absolute Gasteiger partial charge is 0.481 e. The number of hydrogen-bond donors (Lipinski definition) is 2. The summed E-state index contributed by atoms with van der Waals surface area (Å²) in [7, 11) is 0. The van der Waals surface area contributed by atoms with Crippen molar-refractivity contribution < 1.29 is 14.3 Å². The van der Waals surface area contributed by atoms with Crippen LogP contribution in [0, 0.1) is 18.7 Å². The van der Waals surface area contributed by atoms with Gasteiger partial charge in [-0.3, -0.25) is 4.79 Å². The van der Waals surface area contributed by atoms with Gasteiger partial charge in [0.2, 0.25) is 0 Å². The molecule has 0 unspecified atom stereocenters. The van der Waals surface area contributed by atoms with Crippen molar-refractivity contribution in [2.45, 2.75) is 38.6 Å². The van der Waals surface area contributed by atoms with Gasteiger partial charge >= 0.3 is 5.97 Å². The second kappa shape index (κ2) is 5.38. The van der Waals surface area contributed by atoms with Gasteiger partial charge in [-0.1, -0.05) is 6.07 Å². The molecule has 1 saturated carbocycles. The molecule has 0 spiro atoms. The highest BCUT2D eigenvalue weighted by atomic mass is 19.1. The van der Waals surface area contributed by atoms with Gasteiger partial charge in [0.1, 0.15) is 5.82 Å². The number of aryl methyl sites for hydroxylation is 1. The van der Waals surface area contributed by atoms with Gasteiger partial charge in [0.15, 0.2) is 0 Å². The molecule has 18 heavy (non-hydrogen) atoms. The molecule has 98 valence electrons. The molecule has 0 amide bonds. The second-order valence-electron chi connectivity index (χ2n) is 5.01. The SMILES string of the molecule is Cc1ccc(NC2CCC(C(=O)O)CC2)c(F)c1. The van der Waals surface area contributed by atoms with E-state index in [1.54, 1.807) is 6.07 Å². The third-order valence-corrected chi connectivity index (χ3v) is 3.56. The van der Waals surface area contributed by atoms with Gasteiger partial charge in [-0.15, -0.1) is 0 Å². The number of carboxylic acids is 1. The molecule has 0 radical (unpaired) electrons. The summed E-state index contributed by atoms with van der Waals surface area (Å²) in [5.41, 5.74) is 1.41. The van der Waals surface area contributed by atoms with Crippen LogP contribution in [0.2, 0.25) is 0 Å². The Labute approximate surface area is 106 Å². The lowest BCUT2D eigenvalue weighted by molar-refractivity contribution is -0.142. The fraction of sp³-hybridized carbons (Fsp3) is 0.500. The standard InChI is InChI=1S/C14H18FNO2/c1-9-2-7-13(12(15)8-9)16-11-5-3-10(4-6-11)14(17)18/h2,7-8,10-11,16H,3-6H2,1H3,(H,17,18). The van der Waals surface area contributed by atoms with Crippen LogP contribution in [0.4, 0.5) is 10.1 Å². The number of carboxylic acid groups (broad SMARTS) is 1. The Kier molecular flexibility index (Phi) is 3.84. The zero-order valence-electron chi connectivity index (χ0n) is 10.4. The first-order chi connectivity index (χ1) is 8.56. The summed E-state index contributed by atoms with van der Waals surface area (Å²) >= 11 is 0. The summed E-state index contributed by atoms with van der Waals surface area (Å²) in [6, 6.07) is 5.30. The van der Waals surface area contributed by atoms with Gasteiger partial charge in [0.05, 0.1) is 11.6 Å². The van der Waals surface area contributed by atoms with E-state index < -0.39 is 5.97 Å². The zero-order chi connectivity index (χ0) is 13.1. The quantitative estimate of drug-likeness (QED) is 0.867. The van der Waals surface area contributed by atoms with E-state index in [-0.39, 0.29) is 17.8 Å². The maximum atomic E-state index is 13.7. The van der Waals surface area contributed by atoms with Crippen molar-refractivity contribution >= 4 is 11.7 Å². The molecule has 1 aliphatic rings. The highest BCUT2D eigenvalue weighted by Crippen LogP contribution is 2.27. The van der Waals surface area contributed by atoms with Crippen LogP contribution < -0.4 is 5.32 Å². The average molecular weight is 251 g/mol. The Morgan fingerprint density at radius 2 is 2.00 bits per heavy atom. The number of anilines is 1. The highest BCUT2D eigenvalue weighted by Gasteiger charge is 2.26. The molecule has 1 aromatic carbocycles. The van der Waals surface area contributed by atoms with Crippen molar-refractivity contribution in [3.63, 3.8) is 0 Å². The van der Waals surface area contributed by atoms with Crippen LogP contribution in [0.15, 0.2) is 18.2 Å². The van der Waals surface area contributed by atoms with E-state index in [2.05, 4.69) is 5.32 Å². The molecule has 0 atom stereocenters. The number of rotatable bonds is 3. The third-order valence-electron chi connectivity index (χ3n) is 3.56. The summed E-state index contributed by atoms with van der Waals surface area (Å²) < 4.78 is 13.7. The van der Waals surface area contributed by atoms with Crippen molar-refractivity contribution in [2.24, 2.45) is 5.92 Å². The molecule has 3 nitrogen and oxygen atoms in total. The molecule has 4 heteroatoms. The van der Waals surface area contributed by atoms with Crippen LogP contribution in [0.5, 0.6) is 0 Å². The van der Waals surface area contributed by atoms with Gasteiger partial charge in [0.25, 0.3) is 0 Å². The predicted octanol–water partition coefficient (Wildman–Crippen LogP) is 3.19. The number of aliphatic carboxylic acids is 1. The van der Waals surface area contributed by atoms with Crippen LogP contribution in [-0.4, -0.2) is 17.1 Å². The molecule has 1 fully saturated rings. The lowest BCUT2D eigenvalue weighted by Gasteiger charge is -2.27. The minimum atomic E-state index is -0.713. The van der Waals surface area contributed by atoms with Gasteiger partial charge in [0, 0.05) is 6.04 Å². The molecule has 2 rings (SSSR count). The molecular weight excluding hydrogens is 233 g/mol. The normalized spacial score (nSPS) is 23.7. The summed E-state index contributed by atoms with van der Waals surface area (Å²) in [6.45, 7) is 1.85. The molecule has 1 aliphatic carbocycles. The van der Waals surface area contributed by atoms with Crippen LogP contribution in [0.1, 0.15) is 31.2 Å². The van der Waals surface area contributed by atoms with Gasteiger partial charge < -0.3 is 10.4 Å². The Balaban J connectivity index is 1.93. The number of benzene rings is 1. The van der Waals surface area contributed by atoms with Crippen molar-refractivity contribution in [1.82, 2.24) is 0 Å². The zero-order valence-corrected chi connectivity index (χ0v) is 10.4. The molecule has 0 aliphatic heterocycles. The van der Waals surface area contributed by atoms with Gasteiger partial charge in [-0.25, -0.2) is 4.39 Å². The molecule has 1 aromatic rings. The monoisotopic (exact) mass is 251 g/mol. The minimum Gasteiger partial charge on any atom is -0.481 e. The Hall–Kier alpha value is -1.58. The van der Waals surface area contributed by atoms with E-state index in [0.29, 0.717) is 18.5 Å². The van der Waals surface area contributed by atoms with E-state index >= 15 is 0 Å². The van der Waals surface area contributed by atoms with Crippen LogP contribution in [-0.2, 0) is 4.79 Å². The number of carbonyl (C=O) groups is 1. The Morgan fingerprint density at radius 3 is 2.56 bits per heavy atom. The van der Waals surface area contributed by atoms with Crippen LogP contribution in [0.3, 0.4) is 0 Å². The van der Waals surface area contributed by atoms with Crippen molar-refractivity contribution in [2.75, 3.05) is 5.32 Å². The van der Waals surface area contributed by atoms with E-state index in [1.165, 1.54) is 6.07 Å². The van der Waals surface area contributed by atoms with Crippen molar-refractivity contribution in [1.29, 1.82) is 0 Å². The summed E-state index contributed by atoms with van der Waals surface area (Å²) in [5, 5.41) is 12.1. The van der Waals surface area contributed by atoms with E-state index in [4.69, 9.17) is 5.11 Å². The maximum Gasteiger partial charge on any atom is 0.306 e. The first-order valence-electron chi connectivity index (χ1n) is 6.32. The highest BCUT2D eigenvalue weighted by molar-refractivity contribution is 5.70. The molecule has 0 aromatic heterocycles. The van der Waals surface area contributed by atoms with E-state index in [0.717, 1.165) is 18.4 Å². The fourth-order valence-electron chi connectivity index (χ4n) is 2.44. The molecule has 0 saturated heterocycles. The lowest BCUT2D eigenvalue weighted by Crippen LogP contribution is -2.29. The predicted molar refractivity (Wildman–Crippen MR) is 68.1 cm³/mol. The van der Waals surface area contributed by atoms with Gasteiger partial charge in [-0.05, 0) is 50.3 Å². The third kappa shape index (κ3) is 3.00. The number of halogens is 1. The summed E-state index contributed by atoms with van der Waals surface area (Å²) in [5.74, 6) is -1.18. The van der Waals surface area contributed by atoms with E-state index in [1.807, 2.05) is 13.0 Å². The topological polar surface area (TPSA) is 49.3 Å². The van der Waals surface area contributed by atoms with Gasteiger partial charge in [-0.2, -0.15) is 0 Å². The first-order valence-corrected chi connectivity index (χ1v) is 6.32. The smallest absolute Gasteiger partial charge is 0.306 e. The average Bonchev–Trinajstić information content (AvgIpc) is 2.33. The van der Waals surface area contributed by atoms with Crippen molar-refractivity contribution in [3.8, 4) is 0 Å². The summed E-state index contributed by atoms with van der Waals surface area (Å²) in [6.07, 6.45) is 2.90. The van der Waals surface area contributed by atoms with Crippen LogP contribution >= 0.6 is 0 Å². The summed E-state index contributed by atoms with van der Waals surface area (Å²) in [4.78, 5) is 10.8. The first kappa shape index (κ1) is 12.9. The molecule has 0 bridgehead atoms. The molecule has 2 N–H and O–H groups in total. The lowest BCUT2D eigenvalue weighted by atomic mass is 9.86. The molecular formula is C14H18FNO2. The molecule has 0 heterocycles. The number of nitrogens with one attached hydrogen (secondary N) is 1.